The number of halogens is 1. The number of fused-ring (bicyclic) bond motifs is 6. The zero-order valence-corrected chi connectivity index (χ0v) is 15.7. The summed E-state index contributed by atoms with van der Waals surface area (Å²) < 4.78 is 7.61. The molecule has 6 rings (SSSR count). The molecule has 0 radical (unpaired) electrons. The van der Waals surface area contributed by atoms with Crippen molar-refractivity contribution in [1.82, 2.24) is 14.5 Å². The molecule has 0 unspecified atom stereocenters. The summed E-state index contributed by atoms with van der Waals surface area (Å²) in [5, 5.41) is 3.32. The van der Waals surface area contributed by atoms with E-state index in [0.717, 1.165) is 21.7 Å². The van der Waals surface area contributed by atoms with E-state index in [2.05, 4.69) is 9.97 Å². The number of rotatable bonds is 1. The van der Waals surface area contributed by atoms with Gasteiger partial charge in [0.15, 0.2) is 5.15 Å². The van der Waals surface area contributed by atoms with E-state index in [-0.39, 0.29) is 10.7 Å². The zero-order chi connectivity index (χ0) is 19.5. The highest BCUT2D eigenvalue weighted by atomic mass is 35.5. The summed E-state index contributed by atoms with van der Waals surface area (Å²) in [4.78, 5) is 22.2. The van der Waals surface area contributed by atoms with Gasteiger partial charge in [-0.3, -0.25) is 9.36 Å². The minimum Gasteiger partial charge on any atom is -0.456 e. The number of para-hydroxylation sites is 1. The fraction of sp³-hybridized carbons (Fsp3) is 0. The van der Waals surface area contributed by atoms with Crippen LogP contribution in [0.15, 0.2) is 82.3 Å². The average molecular weight is 398 g/mol. The van der Waals surface area contributed by atoms with E-state index in [1.807, 2.05) is 60.7 Å². The average Bonchev–Trinajstić information content (AvgIpc) is 3.14. The Morgan fingerprint density at radius 2 is 1.52 bits per heavy atom. The van der Waals surface area contributed by atoms with E-state index in [9.17, 15) is 4.79 Å². The van der Waals surface area contributed by atoms with Gasteiger partial charge in [0.25, 0.3) is 5.56 Å². The number of aromatic nitrogens is 3. The Hall–Kier alpha value is -3.70. The van der Waals surface area contributed by atoms with Gasteiger partial charge in [0.2, 0.25) is 0 Å². The van der Waals surface area contributed by atoms with Crippen LogP contribution in [0.5, 0.6) is 0 Å². The Bertz CT molecular complexity index is 1650. The van der Waals surface area contributed by atoms with Gasteiger partial charge < -0.3 is 4.42 Å². The third-order valence-electron chi connectivity index (χ3n) is 5.24. The smallest absolute Gasteiger partial charge is 0.263 e. The standard InChI is InChI=1S/C23H12ClN3O2/c24-22-21-20(25-12-26-22)13-6-1-2-7-14(13)23(28)27(21)16-9-5-11-18-19(16)15-8-3-4-10-17(15)29-18/h1-12H. The summed E-state index contributed by atoms with van der Waals surface area (Å²) in [7, 11) is 0. The summed E-state index contributed by atoms with van der Waals surface area (Å²) in [6.07, 6.45) is 1.42. The molecule has 0 bridgehead atoms. The molecule has 0 aliphatic carbocycles. The molecule has 6 heteroatoms. The van der Waals surface area contributed by atoms with Crippen LogP contribution < -0.4 is 5.56 Å². The highest BCUT2D eigenvalue weighted by Crippen LogP contribution is 2.35. The lowest BCUT2D eigenvalue weighted by Gasteiger charge is -2.14. The van der Waals surface area contributed by atoms with E-state index < -0.39 is 0 Å². The van der Waals surface area contributed by atoms with Crippen LogP contribution >= 0.6 is 11.6 Å². The fourth-order valence-corrected chi connectivity index (χ4v) is 4.24. The second kappa shape index (κ2) is 5.90. The molecule has 5 nitrogen and oxygen atoms in total. The van der Waals surface area contributed by atoms with Crippen LogP contribution in [0.4, 0.5) is 0 Å². The van der Waals surface area contributed by atoms with E-state index >= 15 is 0 Å². The summed E-state index contributed by atoms with van der Waals surface area (Å²) >= 11 is 6.49. The molecule has 29 heavy (non-hydrogen) atoms. The topological polar surface area (TPSA) is 60.9 Å². The Morgan fingerprint density at radius 1 is 0.793 bits per heavy atom. The first-order valence-corrected chi connectivity index (χ1v) is 9.46. The minimum absolute atomic E-state index is 0.178. The maximum atomic E-state index is 13.6. The summed E-state index contributed by atoms with van der Waals surface area (Å²) in [6, 6.07) is 20.8. The van der Waals surface area contributed by atoms with Crippen molar-refractivity contribution in [2.75, 3.05) is 0 Å². The van der Waals surface area contributed by atoms with Crippen molar-refractivity contribution >= 4 is 55.3 Å². The SMILES string of the molecule is O=c1c2ccccc2c2ncnc(Cl)c2n1-c1cccc2oc3ccccc3c12. The van der Waals surface area contributed by atoms with Crippen LogP contribution in [0.3, 0.4) is 0 Å². The lowest BCUT2D eigenvalue weighted by molar-refractivity contribution is 0.669. The van der Waals surface area contributed by atoms with E-state index in [4.69, 9.17) is 16.0 Å². The largest absolute Gasteiger partial charge is 0.456 e. The predicted octanol–water partition coefficient (Wildman–Crippen LogP) is 5.49. The van der Waals surface area contributed by atoms with Gasteiger partial charge in [0, 0.05) is 16.2 Å². The van der Waals surface area contributed by atoms with Crippen LogP contribution in [0.1, 0.15) is 0 Å². The molecular formula is C23H12ClN3O2. The quantitative estimate of drug-likeness (QED) is 0.272. The molecule has 0 aliphatic heterocycles. The second-order valence-electron chi connectivity index (χ2n) is 6.80. The van der Waals surface area contributed by atoms with Gasteiger partial charge in [-0.05, 0) is 24.3 Å². The van der Waals surface area contributed by atoms with Gasteiger partial charge in [0.05, 0.1) is 11.1 Å². The Labute approximate surface area is 168 Å². The zero-order valence-electron chi connectivity index (χ0n) is 15.0. The lowest BCUT2D eigenvalue weighted by Crippen LogP contribution is -2.20. The van der Waals surface area contributed by atoms with Crippen molar-refractivity contribution in [3.8, 4) is 5.69 Å². The van der Waals surface area contributed by atoms with Crippen molar-refractivity contribution in [3.05, 3.63) is 88.6 Å². The van der Waals surface area contributed by atoms with Gasteiger partial charge in [-0.15, -0.1) is 0 Å². The molecule has 0 saturated carbocycles. The van der Waals surface area contributed by atoms with Crippen LogP contribution in [0, 0.1) is 0 Å². The number of hydrogen-bond donors (Lipinski definition) is 0. The number of nitrogens with zero attached hydrogens (tertiary/aromatic N) is 3. The Morgan fingerprint density at radius 3 is 2.38 bits per heavy atom. The monoisotopic (exact) mass is 397 g/mol. The molecule has 3 aromatic heterocycles. The maximum Gasteiger partial charge on any atom is 0.263 e. The predicted molar refractivity (Wildman–Crippen MR) is 115 cm³/mol. The van der Waals surface area contributed by atoms with Crippen LogP contribution in [-0.4, -0.2) is 14.5 Å². The van der Waals surface area contributed by atoms with Crippen molar-refractivity contribution in [2.24, 2.45) is 0 Å². The maximum absolute atomic E-state index is 13.6. The van der Waals surface area contributed by atoms with Gasteiger partial charge in [0.1, 0.15) is 28.5 Å². The first kappa shape index (κ1) is 16.3. The Kier molecular flexibility index (Phi) is 3.31. The molecule has 3 heterocycles. The molecule has 0 saturated heterocycles. The van der Waals surface area contributed by atoms with Gasteiger partial charge >= 0.3 is 0 Å². The fourth-order valence-electron chi connectivity index (χ4n) is 4.02. The van der Waals surface area contributed by atoms with Crippen LogP contribution in [0.2, 0.25) is 5.15 Å². The highest BCUT2D eigenvalue weighted by Gasteiger charge is 2.19. The number of benzene rings is 3. The van der Waals surface area contributed by atoms with Crippen LogP contribution in [0.25, 0.3) is 49.4 Å². The van der Waals surface area contributed by atoms with Gasteiger partial charge in [-0.25, -0.2) is 9.97 Å². The molecule has 138 valence electrons. The van der Waals surface area contributed by atoms with Crippen molar-refractivity contribution in [3.63, 3.8) is 0 Å². The highest BCUT2D eigenvalue weighted by molar-refractivity contribution is 6.34. The molecular weight excluding hydrogens is 386 g/mol. The van der Waals surface area contributed by atoms with Crippen molar-refractivity contribution in [2.45, 2.75) is 0 Å². The van der Waals surface area contributed by atoms with Gasteiger partial charge in [-0.2, -0.15) is 0 Å². The second-order valence-corrected chi connectivity index (χ2v) is 7.15. The number of pyridine rings is 1. The molecule has 0 aliphatic rings. The summed E-state index contributed by atoms with van der Waals surface area (Å²) in [5.41, 5.74) is 3.08. The molecule has 0 fully saturated rings. The molecule has 0 spiro atoms. The summed E-state index contributed by atoms with van der Waals surface area (Å²) in [5.74, 6) is 0. The van der Waals surface area contributed by atoms with Crippen molar-refractivity contribution in [1.29, 1.82) is 0 Å². The molecule has 3 aromatic carbocycles. The molecule has 0 N–H and O–H groups in total. The van der Waals surface area contributed by atoms with E-state index in [1.54, 1.807) is 10.6 Å². The van der Waals surface area contributed by atoms with Crippen molar-refractivity contribution < 1.29 is 4.42 Å². The first-order chi connectivity index (χ1) is 14.2. The van der Waals surface area contributed by atoms with Crippen LogP contribution in [-0.2, 0) is 0 Å². The molecule has 0 amide bonds. The van der Waals surface area contributed by atoms with E-state index in [0.29, 0.717) is 27.7 Å². The first-order valence-electron chi connectivity index (χ1n) is 9.08. The minimum atomic E-state index is -0.178. The molecule has 0 atom stereocenters. The van der Waals surface area contributed by atoms with E-state index in [1.165, 1.54) is 6.33 Å². The lowest BCUT2D eigenvalue weighted by atomic mass is 10.1. The summed E-state index contributed by atoms with van der Waals surface area (Å²) in [6.45, 7) is 0. The third kappa shape index (κ3) is 2.19. The normalized spacial score (nSPS) is 11.8. The number of hydrogen-bond acceptors (Lipinski definition) is 4. The number of furan rings is 1. The Balaban J connectivity index is 1.91. The molecule has 6 aromatic rings. The van der Waals surface area contributed by atoms with Gasteiger partial charge in [-0.1, -0.05) is 54.1 Å². The third-order valence-corrected chi connectivity index (χ3v) is 5.51.